The third kappa shape index (κ3) is 4.64. The summed E-state index contributed by atoms with van der Waals surface area (Å²) in [5.74, 6) is 1.42. The van der Waals surface area contributed by atoms with E-state index >= 15 is 0 Å². The summed E-state index contributed by atoms with van der Waals surface area (Å²) in [6.07, 6.45) is 0. The van der Waals surface area contributed by atoms with E-state index in [1.807, 2.05) is 63.2 Å². The van der Waals surface area contributed by atoms with E-state index in [4.69, 9.17) is 8.94 Å². The van der Waals surface area contributed by atoms with Crippen LogP contribution >= 0.6 is 0 Å². The fourth-order valence-electron chi connectivity index (χ4n) is 4.38. The zero-order chi connectivity index (χ0) is 24.6. The summed E-state index contributed by atoms with van der Waals surface area (Å²) >= 11 is 0. The van der Waals surface area contributed by atoms with Gasteiger partial charge in [-0.25, -0.2) is 8.42 Å². The normalized spacial score (nSPS) is 15.5. The Morgan fingerprint density at radius 3 is 2.40 bits per heavy atom. The molecule has 9 nitrogen and oxygen atoms in total. The minimum Gasteiger partial charge on any atom is -0.419 e. The Labute approximate surface area is 204 Å². The predicted octanol–water partition coefficient (Wildman–Crippen LogP) is 3.82. The number of benzene rings is 2. The van der Waals surface area contributed by atoms with Gasteiger partial charge in [0.25, 0.3) is 5.89 Å². The summed E-state index contributed by atoms with van der Waals surface area (Å²) < 4.78 is 39.2. The molecule has 5 rings (SSSR count). The number of sulfonamides is 1. The van der Waals surface area contributed by atoms with Gasteiger partial charge in [0.2, 0.25) is 15.9 Å². The van der Waals surface area contributed by atoms with Crippen LogP contribution in [0.25, 0.3) is 22.7 Å². The lowest BCUT2D eigenvalue weighted by Crippen LogP contribution is -2.48. The Kier molecular flexibility index (Phi) is 6.26. The van der Waals surface area contributed by atoms with Crippen molar-refractivity contribution in [2.45, 2.75) is 32.2 Å². The lowest BCUT2D eigenvalue weighted by atomic mass is 10.1. The van der Waals surface area contributed by atoms with E-state index in [1.54, 1.807) is 10.4 Å². The van der Waals surface area contributed by atoms with Crippen LogP contribution < -0.4 is 0 Å². The molecule has 1 aliphatic rings. The quantitative estimate of drug-likeness (QED) is 0.399. The number of piperazine rings is 1. The Bertz CT molecular complexity index is 1440. The molecule has 1 fully saturated rings. The van der Waals surface area contributed by atoms with Crippen molar-refractivity contribution < 1.29 is 17.4 Å². The van der Waals surface area contributed by atoms with Crippen LogP contribution in [0.5, 0.6) is 0 Å². The first-order valence-corrected chi connectivity index (χ1v) is 12.9. The van der Waals surface area contributed by atoms with E-state index in [0.29, 0.717) is 66.4 Å². The molecule has 1 aliphatic heterocycles. The Morgan fingerprint density at radius 2 is 1.69 bits per heavy atom. The molecular weight excluding hydrogens is 466 g/mol. The molecule has 0 amide bonds. The van der Waals surface area contributed by atoms with Gasteiger partial charge < -0.3 is 8.94 Å². The lowest BCUT2D eigenvalue weighted by molar-refractivity contribution is 0.168. The van der Waals surface area contributed by atoms with Gasteiger partial charge in [-0.3, -0.25) is 4.90 Å². The molecular formula is C25H27N5O4S. The van der Waals surface area contributed by atoms with Crippen LogP contribution in [0, 0.1) is 20.8 Å². The smallest absolute Gasteiger partial charge is 0.253 e. The Balaban J connectivity index is 1.27. The van der Waals surface area contributed by atoms with Crippen molar-refractivity contribution in [3.63, 3.8) is 0 Å². The van der Waals surface area contributed by atoms with Crippen LogP contribution in [0.3, 0.4) is 0 Å². The van der Waals surface area contributed by atoms with Crippen LogP contribution in [0.4, 0.5) is 0 Å². The van der Waals surface area contributed by atoms with Gasteiger partial charge in [-0.2, -0.15) is 4.31 Å². The molecule has 0 spiro atoms. The molecule has 0 unspecified atom stereocenters. The molecule has 35 heavy (non-hydrogen) atoms. The highest BCUT2D eigenvalue weighted by atomic mass is 32.2. The maximum absolute atomic E-state index is 13.2. The van der Waals surface area contributed by atoms with Crippen molar-refractivity contribution in [2.75, 3.05) is 26.2 Å². The van der Waals surface area contributed by atoms with Gasteiger partial charge in [0.15, 0.2) is 0 Å². The Hall–Kier alpha value is -3.34. The van der Waals surface area contributed by atoms with Gasteiger partial charge in [0.1, 0.15) is 17.0 Å². The minimum absolute atomic E-state index is 0.355. The third-order valence-corrected chi connectivity index (χ3v) is 8.29. The van der Waals surface area contributed by atoms with Crippen LogP contribution in [0.1, 0.15) is 22.8 Å². The molecule has 0 radical (unpaired) electrons. The largest absolute Gasteiger partial charge is 0.419 e. The second-order valence-electron chi connectivity index (χ2n) is 8.78. The van der Waals surface area contributed by atoms with E-state index in [2.05, 4.69) is 20.3 Å². The molecule has 0 bridgehead atoms. The standard InChI is InChI=1S/C25H27N5O4S/c1-17-9-10-21(18(2)15-17)35(31,32)30-13-11-29(12-14-30)16-22-26-27-25(33-22)23-19(3)34-28-24(23)20-7-5-4-6-8-20/h4-10,15H,11-14,16H2,1-3H3. The van der Waals surface area contributed by atoms with Gasteiger partial charge in [-0.1, -0.05) is 53.2 Å². The minimum atomic E-state index is -3.53. The summed E-state index contributed by atoms with van der Waals surface area (Å²) in [4.78, 5) is 2.49. The molecule has 2 aromatic heterocycles. The SMILES string of the molecule is Cc1ccc(S(=O)(=O)N2CCN(Cc3nnc(-c4c(-c5ccccc5)noc4C)o3)CC2)c(C)c1. The Morgan fingerprint density at radius 1 is 0.943 bits per heavy atom. The number of hydrogen-bond donors (Lipinski definition) is 0. The maximum atomic E-state index is 13.2. The van der Waals surface area contributed by atoms with Crippen molar-refractivity contribution in [2.24, 2.45) is 0 Å². The highest BCUT2D eigenvalue weighted by Crippen LogP contribution is 2.33. The zero-order valence-corrected chi connectivity index (χ0v) is 20.7. The first kappa shape index (κ1) is 23.4. The molecule has 0 N–H and O–H groups in total. The first-order valence-electron chi connectivity index (χ1n) is 11.5. The first-order chi connectivity index (χ1) is 16.8. The third-order valence-electron chi connectivity index (χ3n) is 6.23. The van der Waals surface area contributed by atoms with E-state index in [1.165, 1.54) is 0 Å². The second-order valence-corrected chi connectivity index (χ2v) is 10.7. The highest BCUT2D eigenvalue weighted by molar-refractivity contribution is 7.89. The fourth-order valence-corrected chi connectivity index (χ4v) is 6.01. The number of hydrogen-bond acceptors (Lipinski definition) is 8. The number of rotatable bonds is 6. The van der Waals surface area contributed by atoms with Crippen molar-refractivity contribution in [3.05, 3.63) is 71.3 Å². The molecule has 2 aromatic carbocycles. The molecule has 1 saturated heterocycles. The van der Waals surface area contributed by atoms with Crippen molar-refractivity contribution in [1.82, 2.24) is 24.6 Å². The summed E-state index contributed by atoms with van der Waals surface area (Å²) in [6.45, 7) is 8.00. The number of nitrogens with zero attached hydrogens (tertiary/aromatic N) is 5. The van der Waals surface area contributed by atoms with Crippen molar-refractivity contribution >= 4 is 10.0 Å². The zero-order valence-electron chi connectivity index (χ0n) is 19.9. The number of aromatic nitrogens is 3. The van der Waals surface area contributed by atoms with Crippen LogP contribution in [0.15, 0.2) is 62.4 Å². The average molecular weight is 494 g/mol. The van der Waals surface area contributed by atoms with Crippen LogP contribution in [-0.4, -0.2) is 59.2 Å². The van der Waals surface area contributed by atoms with Gasteiger partial charge in [-0.05, 0) is 32.4 Å². The molecule has 0 aliphatic carbocycles. The molecule has 0 saturated carbocycles. The maximum Gasteiger partial charge on any atom is 0.253 e. The molecule has 3 heterocycles. The van der Waals surface area contributed by atoms with Gasteiger partial charge in [0, 0.05) is 31.7 Å². The highest BCUT2D eigenvalue weighted by Gasteiger charge is 2.30. The molecule has 10 heteroatoms. The van der Waals surface area contributed by atoms with Gasteiger partial charge in [0.05, 0.1) is 11.4 Å². The monoisotopic (exact) mass is 493 g/mol. The fraction of sp³-hybridized carbons (Fsp3) is 0.320. The molecule has 4 aromatic rings. The van der Waals surface area contributed by atoms with Gasteiger partial charge in [-0.15, -0.1) is 10.2 Å². The molecule has 0 atom stereocenters. The second kappa shape index (κ2) is 9.37. The average Bonchev–Trinajstić information content (AvgIpc) is 3.45. The predicted molar refractivity (Wildman–Crippen MR) is 130 cm³/mol. The summed E-state index contributed by atoms with van der Waals surface area (Å²) in [6, 6.07) is 15.1. The van der Waals surface area contributed by atoms with Crippen molar-refractivity contribution in [3.8, 4) is 22.7 Å². The topological polar surface area (TPSA) is 106 Å². The molecule has 182 valence electrons. The van der Waals surface area contributed by atoms with E-state index < -0.39 is 10.0 Å². The number of aryl methyl sites for hydroxylation is 3. The summed E-state index contributed by atoms with van der Waals surface area (Å²) in [5.41, 5.74) is 4.05. The lowest BCUT2D eigenvalue weighted by Gasteiger charge is -2.33. The van der Waals surface area contributed by atoms with E-state index in [-0.39, 0.29) is 0 Å². The van der Waals surface area contributed by atoms with Crippen LogP contribution in [0.2, 0.25) is 0 Å². The van der Waals surface area contributed by atoms with Gasteiger partial charge >= 0.3 is 0 Å². The van der Waals surface area contributed by atoms with Crippen molar-refractivity contribution in [1.29, 1.82) is 0 Å². The van der Waals surface area contributed by atoms with E-state index in [9.17, 15) is 8.42 Å². The summed E-state index contributed by atoms with van der Waals surface area (Å²) in [7, 11) is -3.53. The van der Waals surface area contributed by atoms with E-state index in [0.717, 1.165) is 16.7 Å². The van der Waals surface area contributed by atoms with Crippen LogP contribution in [-0.2, 0) is 16.6 Å². The summed E-state index contributed by atoms with van der Waals surface area (Å²) in [5, 5.41) is 12.6.